The van der Waals surface area contributed by atoms with Crippen LogP contribution >= 0.6 is 11.8 Å². The number of thioether (sulfide) groups is 1. The maximum absolute atomic E-state index is 11.2. The molecule has 0 fully saturated rings. The lowest BCUT2D eigenvalue weighted by molar-refractivity contribution is -0.109. The van der Waals surface area contributed by atoms with E-state index in [4.69, 9.17) is 9.57 Å². The summed E-state index contributed by atoms with van der Waals surface area (Å²) in [5.41, 5.74) is 1.73. The quantitative estimate of drug-likeness (QED) is 0.549. The van der Waals surface area contributed by atoms with Crippen molar-refractivity contribution in [1.82, 2.24) is 5.48 Å². The third-order valence-electron chi connectivity index (χ3n) is 2.00. The minimum atomic E-state index is -0.564. The van der Waals surface area contributed by atoms with Crippen LogP contribution in [0.1, 0.15) is 53.4 Å². The molecule has 0 aromatic heterocycles. The highest BCUT2D eigenvalue weighted by atomic mass is 32.2. The normalized spacial score (nSPS) is 11.2. The van der Waals surface area contributed by atoms with E-state index in [0.29, 0.717) is 6.61 Å². The van der Waals surface area contributed by atoms with E-state index in [9.17, 15) is 9.59 Å². The van der Waals surface area contributed by atoms with E-state index < -0.39 is 11.7 Å². The molecule has 0 aliphatic rings. The number of hydrogen-bond donors (Lipinski definition) is 1. The van der Waals surface area contributed by atoms with Crippen LogP contribution in [0.4, 0.5) is 4.79 Å². The predicted molar refractivity (Wildman–Crippen MR) is 76.9 cm³/mol. The van der Waals surface area contributed by atoms with Gasteiger partial charge in [0.15, 0.2) is 5.12 Å². The number of ether oxygens (including phenoxy) is 1. The number of hydroxylamine groups is 1. The summed E-state index contributed by atoms with van der Waals surface area (Å²) in [4.78, 5) is 26.9. The van der Waals surface area contributed by atoms with Crippen LogP contribution in [0.25, 0.3) is 0 Å². The van der Waals surface area contributed by atoms with Gasteiger partial charge < -0.3 is 4.74 Å². The molecule has 0 radical (unpaired) electrons. The highest BCUT2D eigenvalue weighted by Gasteiger charge is 2.15. The molecule has 0 atom stereocenters. The maximum Gasteiger partial charge on any atom is 0.431 e. The third kappa shape index (κ3) is 15.2. The first-order valence-electron chi connectivity index (χ1n) is 6.55. The van der Waals surface area contributed by atoms with Crippen molar-refractivity contribution in [2.75, 3.05) is 12.4 Å². The molecule has 1 amide bonds. The minimum Gasteiger partial charge on any atom is -0.442 e. The van der Waals surface area contributed by atoms with E-state index in [1.807, 2.05) is 0 Å². The molecule has 0 spiro atoms. The SMILES string of the molecule is CC(=O)SCCCCCCONC(=O)OC(C)(C)C. The Labute approximate surface area is 119 Å². The Morgan fingerprint density at radius 2 is 1.74 bits per heavy atom. The Morgan fingerprint density at radius 3 is 2.32 bits per heavy atom. The molecular weight excluding hydrogens is 266 g/mol. The van der Waals surface area contributed by atoms with E-state index in [2.05, 4.69) is 5.48 Å². The van der Waals surface area contributed by atoms with Gasteiger partial charge >= 0.3 is 6.09 Å². The van der Waals surface area contributed by atoms with Crippen molar-refractivity contribution in [2.45, 2.75) is 59.0 Å². The molecule has 0 aliphatic heterocycles. The van der Waals surface area contributed by atoms with Gasteiger partial charge in [-0.25, -0.2) is 4.79 Å². The minimum absolute atomic E-state index is 0.171. The molecule has 0 bridgehead atoms. The van der Waals surface area contributed by atoms with Crippen LogP contribution in [-0.2, 0) is 14.4 Å². The van der Waals surface area contributed by atoms with Gasteiger partial charge in [0.05, 0.1) is 6.61 Å². The largest absolute Gasteiger partial charge is 0.442 e. The van der Waals surface area contributed by atoms with E-state index >= 15 is 0 Å². The average Bonchev–Trinajstić information content (AvgIpc) is 2.24. The Kier molecular flexibility index (Phi) is 9.69. The van der Waals surface area contributed by atoms with E-state index in [1.54, 1.807) is 27.7 Å². The Bertz CT molecular complexity index is 276. The van der Waals surface area contributed by atoms with Gasteiger partial charge in [0.2, 0.25) is 0 Å². The molecule has 6 heteroatoms. The van der Waals surface area contributed by atoms with Gasteiger partial charge in [0.1, 0.15) is 5.60 Å². The fourth-order valence-corrected chi connectivity index (χ4v) is 1.89. The Balaban J connectivity index is 3.27. The summed E-state index contributed by atoms with van der Waals surface area (Å²) >= 11 is 1.37. The monoisotopic (exact) mass is 291 g/mol. The van der Waals surface area contributed by atoms with Crippen molar-refractivity contribution < 1.29 is 19.2 Å². The lowest BCUT2D eigenvalue weighted by atomic mass is 10.2. The van der Waals surface area contributed by atoms with Crippen LogP contribution in [0.2, 0.25) is 0 Å². The van der Waals surface area contributed by atoms with Gasteiger partial charge in [-0.15, -0.1) is 0 Å². The van der Waals surface area contributed by atoms with Gasteiger partial charge in [0.25, 0.3) is 0 Å². The molecular formula is C13H25NO4S. The summed E-state index contributed by atoms with van der Waals surface area (Å²) in [7, 11) is 0. The number of hydrogen-bond acceptors (Lipinski definition) is 5. The van der Waals surface area contributed by atoms with Crippen molar-refractivity contribution in [1.29, 1.82) is 0 Å². The standard InChI is InChI=1S/C13H25NO4S/c1-11(15)19-10-8-6-5-7-9-17-14-12(16)18-13(2,3)4/h5-10H2,1-4H3,(H,14,16). The van der Waals surface area contributed by atoms with E-state index in [1.165, 1.54) is 11.8 Å². The summed E-state index contributed by atoms with van der Waals surface area (Å²) in [6, 6.07) is 0. The third-order valence-corrected chi connectivity index (χ3v) is 2.90. The lowest BCUT2D eigenvalue weighted by Gasteiger charge is -2.19. The molecule has 0 aromatic carbocycles. The van der Waals surface area contributed by atoms with Crippen molar-refractivity contribution in [3.8, 4) is 0 Å². The van der Waals surface area contributed by atoms with Crippen LogP contribution in [0.3, 0.4) is 0 Å². The van der Waals surface area contributed by atoms with Gasteiger partial charge in [-0.1, -0.05) is 24.6 Å². The fraction of sp³-hybridized carbons (Fsp3) is 0.846. The molecule has 112 valence electrons. The molecule has 0 aliphatic carbocycles. The number of amides is 1. The zero-order valence-electron chi connectivity index (χ0n) is 12.3. The van der Waals surface area contributed by atoms with Gasteiger partial charge in [-0.3, -0.25) is 9.63 Å². The first kappa shape index (κ1) is 18.2. The molecule has 0 unspecified atom stereocenters. The van der Waals surface area contributed by atoms with Crippen molar-refractivity contribution >= 4 is 23.0 Å². The molecule has 0 saturated heterocycles. The van der Waals surface area contributed by atoms with Crippen LogP contribution in [0.5, 0.6) is 0 Å². The molecule has 5 nitrogen and oxygen atoms in total. The summed E-state index contributed by atoms with van der Waals surface area (Å²) < 4.78 is 5.01. The fourth-order valence-electron chi connectivity index (χ4n) is 1.25. The zero-order chi connectivity index (χ0) is 14.7. The Morgan fingerprint density at radius 1 is 1.11 bits per heavy atom. The lowest BCUT2D eigenvalue weighted by Crippen LogP contribution is -2.32. The topological polar surface area (TPSA) is 64.6 Å². The van der Waals surface area contributed by atoms with Crippen molar-refractivity contribution in [3.05, 3.63) is 0 Å². The average molecular weight is 291 g/mol. The summed E-state index contributed by atoms with van der Waals surface area (Å²) in [6.45, 7) is 7.45. The van der Waals surface area contributed by atoms with Crippen molar-refractivity contribution in [3.63, 3.8) is 0 Å². The number of unbranched alkanes of at least 4 members (excludes halogenated alkanes) is 3. The molecule has 0 rings (SSSR count). The molecule has 1 N–H and O–H groups in total. The number of carbonyl (C=O) groups is 2. The van der Waals surface area contributed by atoms with Crippen LogP contribution in [0, 0.1) is 0 Å². The highest BCUT2D eigenvalue weighted by molar-refractivity contribution is 8.13. The predicted octanol–water partition coefficient (Wildman–Crippen LogP) is 3.28. The summed E-state index contributed by atoms with van der Waals surface area (Å²) in [5.74, 6) is 0.881. The van der Waals surface area contributed by atoms with Crippen LogP contribution < -0.4 is 5.48 Å². The second-order valence-electron chi connectivity index (χ2n) is 5.21. The second kappa shape index (κ2) is 10.1. The first-order valence-corrected chi connectivity index (χ1v) is 7.54. The summed E-state index contributed by atoms with van der Waals surface area (Å²) in [6.07, 6.45) is 3.43. The molecule has 0 saturated carbocycles. The zero-order valence-corrected chi connectivity index (χ0v) is 13.1. The number of nitrogens with one attached hydrogen (secondary N) is 1. The smallest absolute Gasteiger partial charge is 0.431 e. The number of carbonyl (C=O) groups excluding carboxylic acids is 2. The van der Waals surface area contributed by atoms with Crippen LogP contribution in [0.15, 0.2) is 0 Å². The molecule has 0 heterocycles. The number of rotatable bonds is 8. The van der Waals surface area contributed by atoms with Crippen molar-refractivity contribution in [2.24, 2.45) is 0 Å². The maximum atomic E-state index is 11.2. The Hall–Kier alpha value is -0.750. The molecule has 0 aromatic rings. The summed E-state index contributed by atoms with van der Waals surface area (Å²) in [5, 5.41) is 0.171. The van der Waals surface area contributed by atoms with Gasteiger partial charge in [0, 0.05) is 12.7 Å². The van der Waals surface area contributed by atoms with Gasteiger partial charge in [-0.2, -0.15) is 5.48 Å². The first-order chi connectivity index (χ1) is 8.81. The highest BCUT2D eigenvalue weighted by Crippen LogP contribution is 2.08. The van der Waals surface area contributed by atoms with E-state index in [0.717, 1.165) is 31.4 Å². The van der Waals surface area contributed by atoms with E-state index in [-0.39, 0.29) is 5.12 Å². The van der Waals surface area contributed by atoms with Crippen LogP contribution in [-0.4, -0.2) is 29.2 Å². The molecule has 19 heavy (non-hydrogen) atoms. The van der Waals surface area contributed by atoms with Gasteiger partial charge in [-0.05, 0) is 33.6 Å². The second-order valence-corrected chi connectivity index (χ2v) is 6.48.